The van der Waals surface area contributed by atoms with Gasteiger partial charge in [0.1, 0.15) is 25.2 Å². The quantitative estimate of drug-likeness (QED) is 0.526. The van der Waals surface area contributed by atoms with E-state index in [4.69, 9.17) is 14.2 Å². The molecule has 0 unspecified atom stereocenters. The van der Waals surface area contributed by atoms with Gasteiger partial charge >= 0.3 is 0 Å². The van der Waals surface area contributed by atoms with Crippen molar-refractivity contribution in [3.8, 4) is 28.5 Å². The van der Waals surface area contributed by atoms with Crippen molar-refractivity contribution in [3.05, 3.63) is 41.5 Å². The Morgan fingerprint density at radius 2 is 1.88 bits per heavy atom. The number of ether oxygens (including phenoxy) is 3. The van der Waals surface area contributed by atoms with Gasteiger partial charge in [0.05, 0.1) is 36.8 Å². The molecule has 5 rings (SSSR count). The second-order valence-corrected chi connectivity index (χ2v) is 9.01. The van der Waals surface area contributed by atoms with E-state index in [0.29, 0.717) is 13.0 Å². The molecule has 0 atom stereocenters. The zero-order valence-electron chi connectivity index (χ0n) is 19.9. The zero-order valence-corrected chi connectivity index (χ0v) is 19.9. The molecule has 0 saturated carbocycles. The van der Waals surface area contributed by atoms with E-state index in [1.165, 1.54) is 22.5 Å². The van der Waals surface area contributed by atoms with E-state index < -0.39 is 0 Å². The lowest BCUT2D eigenvalue weighted by molar-refractivity contribution is -0.634. The minimum Gasteiger partial charge on any atom is -0.493 e. The van der Waals surface area contributed by atoms with Crippen LogP contribution in [0, 0.1) is 0 Å². The summed E-state index contributed by atoms with van der Waals surface area (Å²) in [4.78, 5) is 13.8. The third kappa shape index (κ3) is 3.77. The highest BCUT2D eigenvalue weighted by molar-refractivity contribution is 5.85. The summed E-state index contributed by atoms with van der Waals surface area (Å²) < 4.78 is 19.6. The van der Waals surface area contributed by atoms with Crippen molar-refractivity contribution in [1.29, 1.82) is 0 Å². The molecule has 6 heteroatoms. The van der Waals surface area contributed by atoms with Crippen LogP contribution in [0.2, 0.25) is 0 Å². The van der Waals surface area contributed by atoms with Gasteiger partial charge in [-0.05, 0) is 49.9 Å². The van der Waals surface area contributed by atoms with E-state index in [9.17, 15) is 4.79 Å². The summed E-state index contributed by atoms with van der Waals surface area (Å²) in [5, 5.41) is 1.09. The number of carbonyl (C=O) groups is 1. The number of aryl methyl sites for hydroxylation is 2. The average molecular weight is 448 g/mol. The highest BCUT2D eigenvalue weighted by Gasteiger charge is 2.31. The molecular formula is C27H31N2O4+. The lowest BCUT2D eigenvalue weighted by Crippen LogP contribution is -2.35. The van der Waals surface area contributed by atoms with Crippen LogP contribution in [0.1, 0.15) is 37.3 Å². The van der Waals surface area contributed by atoms with Crippen molar-refractivity contribution in [1.82, 2.24) is 0 Å². The molecule has 6 nitrogen and oxygen atoms in total. The average Bonchev–Trinajstić information content (AvgIpc) is 2.82. The number of methoxy groups -OCH3 is 2. The Hall–Kier alpha value is -3.28. The number of carbonyl (C=O) groups excluding carboxylic acids is 1. The van der Waals surface area contributed by atoms with Crippen LogP contribution in [-0.2, 0) is 24.9 Å². The van der Waals surface area contributed by atoms with Gasteiger partial charge in [-0.3, -0.25) is 0 Å². The Morgan fingerprint density at radius 1 is 1.09 bits per heavy atom. The van der Waals surface area contributed by atoms with Crippen LogP contribution in [0.3, 0.4) is 0 Å². The van der Waals surface area contributed by atoms with Crippen LogP contribution in [0.25, 0.3) is 22.2 Å². The summed E-state index contributed by atoms with van der Waals surface area (Å²) >= 11 is 0. The summed E-state index contributed by atoms with van der Waals surface area (Å²) in [7, 11) is 5.43. The summed E-state index contributed by atoms with van der Waals surface area (Å²) in [6.45, 7) is 4.13. The molecule has 0 fully saturated rings. The first-order valence-electron chi connectivity index (χ1n) is 11.6. The number of hydrogen-bond donors (Lipinski definition) is 0. The van der Waals surface area contributed by atoms with E-state index in [0.717, 1.165) is 66.1 Å². The molecular weight excluding hydrogens is 416 g/mol. The van der Waals surface area contributed by atoms with Crippen molar-refractivity contribution in [2.45, 2.75) is 39.2 Å². The molecule has 0 bridgehead atoms. The van der Waals surface area contributed by atoms with Gasteiger partial charge in [-0.1, -0.05) is 0 Å². The fourth-order valence-electron chi connectivity index (χ4n) is 5.25. The molecule has 0 spiro atoms. The maximum atomic E-state index is 11.4. The number of hydrogen-bond acceptors (Lipinski definition) is 5. The van der Waals surface area contributed by atoms with Gasteiger partial charge in [-0.25, -0.2) is 0 Å². The monoisotopic (exact) mass is 447 g/mol. The van der Waals surface area contributed by atoms with Crippen molar-refractivity contribution in [2.24, 2.45) is 7.05 Å². The maximum absolute atomic E-state index is 11.4. The number of fused-ring (bicyclic) bond motifs is 5. The Bertz CT molecular complexity index is 1250. The van der Waals surface area contributed by atoms with Crippen molar-refractivity contribution >= 4 is 22.4 Å². The molecule has 0 N–H and O–H groups in total. The van der Waals surface area contributed by atoms with Crippen LogP contribution in [0.15, 0.2) is 30.3 Å². The van der Waals surface area contributed by atoms with Gasteiger partial charge in [0.2, 0.25) is 11.2 Å². The minimum absolute atomic E-state index is 0.256. The molecule has 172 valence electrons. The number of pyridine rings is 1. The van der Waals surface area contributed by atoms with Crippen molar-refractivity contribution < 1.29 is 23.6 Å². The first kappa shape index (κ1) is 21.6. The second kappa shape index (κ2) is 8.58. The fraction of sp³-hybridized carbons (Fsp3) is 0.407. The number of nitrogens with zero attached hydrogens (tertiary/aromatic N) is 2. The number of anilines is 1. The SMILES string of the molecule is COc1cc2cc3c([n+](C)c2cc1OC)-c1cc2c(cc1OC3)N(CCCC(C)=O)CCC2. The normalized spacial score (nSPS) is 14.2. The van der Waals surface area contributed by atoms with E-state index in [-0.39, 0.29) is 5.78 Å². The molecule has 2 aromatic carbocycles. The highest BCUT2D eigenvalue weighted by atomic mass is 16.5. The standard InChI is InChI=1S/C27H31N2O4/c1-17(30)7-5-9-29-10-6-8-18-12-21-24(15-23(18)29)33-16-20-11-19-13-25(31-3)26(32-4)14-22(19)28(2)27(20)21/h11-15H,5-10,16H2,1-4H3/q+1. The number of ketones is 1. The van der Waals surface area contributed by atoms with Gasteiger partial charge < -0.3 is 23.9 Å². The van der Waals surface area contributed by atoms with Gasteiger partial charge in [0.15, 0.2) is 11.5 Å². The van der Waals surface area contributed by atoms with Crippen LogP contribution in [0.5, 0.6) is 17.2 Å². The second-order valence-electron chi connectivity index (χ2n) is 9.01. The number of rotatable bonds is 6. The molecule has 2 aliphatic rings. The Kier molecular flexibility index (Phi) is 5.60. The van der Waals surface area contributed by atoms with E-state index in [1.807, 2.05) is 12.1 Å². The Morgan fingerprint density at radius 3 is 2.64 bits per heavy atom. The first-order valence-corrected chi connectivity index (χ1v) is 11.6. The van der Waals surface area contributed by atoms with Crippen LogP contribution < -0.4 is 23.7 Å². The Balaban J connectivity index is 1.59. The molecule has 3 heterocycles. The lowest BCUT2D eigenvalue weighted by atomic mass is 9.93. The summed E-state index contributed by atoms with van der Waals surface area (Å²) in [6.07, 6.45) is 3.71. The van der Waals surface area contributed by atoms with Gasteiger partial charge in [-0.15, -0.1) is 0 Å². The summed E-state index contributed by atoms with van der Waals surface area (Å²) in [6, 6.07) is 10.8. The van der Waals surface area contributed by atoms with Crippen molar-refractivity contribution in [3.63, 3.8) is 0 Å². The van der Waals surface area contributed by atoms with Crippen molar-refractivity contribution in [2.75, 3.05) is 32.2 Å². The largest absolute Gasteiger partial charge is 0.493 e. The first-order chi connectivity index (χ1) is 16.0. The molecule has 3 aromatic rings. The molecule has 2 aliphatic heterocycles. The summed E-state index contributed by atoms with van der Waals surface area (Å²) in [5.74, 6) is 2.63. The number of aromatic nitrogens is 1. The van der Waals surface area contributed by atoms with E-state index >= 15 is 0 Å². The molecule has 33 heavy (non-hydrogen) atoms. The Labute approximate surface area is 194 Å². The van der Waals surface area contributed by atoms with Gasteiger partial charge in [0, 0.05) is 31.3 Å². The number of Topliss-reactive ketones (excluding diaryl/α,β-unsaturated/α-hetero) is 1. The minimum atomic E-state index is 0.256. The smallest absolute Gasteiger partial charge is 0.223 e. The highest BCUT2D eigenvalue weighted by Crippen LogP contribution is 2.43. The van der Waals surface area contributed by atoms with E-state index in [2.05, 4.69) is 34.7 Å². The predicted molar refractivity (Wildman–Crippen MR) is 128 cm³/mol. The predicted octanol–water partition coefficient (Wildman–Crippen LogP) is 4.36. The van der Waals surface area contributed by atoms with Crippen LogP contribution >= 0.6 is 0 Å². The number of benzene rings is 2. The van der Waals surface area contributed by atoms with Crippen LogP contribution in [-0.4, -0.2) is 33.1 Å². The fourth-order valence-corrected chi connectivity index (χ4v) is 5.25. The molecule has 1 aromatic heterocycles. The van der Waals surface area contributed by atoms with Gasteiger partial charge in [-0.2, -0.15) is 4.57 Å². The molecule has 0 saturated heterocycles. The molecule has 0 radical (unpaired) electrons. The van der Waals surface area contributed by atoms with Crippen LogP contribution in [0.4, 0.5) is 5.69 Å². The molecule has 0 aliphatic carbocycles. The molecule has 0 amide bonds. The maximum Gasteiger partial charge on any atom is 0.223 e. The lowest BCUT2D eigenvalue weighted by Gasteiger charge is -2.33. The third-order valence-corrected chi connectivity index (χ3v) is 6.85. The summed E-state index contributed by atoms with van der Waals surface area (Å²) in [5.41, 5.74) is 7.18. The third-order valence-electron chi connectivity index (χ3n) is 6.85. The zero-order chi connectivity index (χ0) is 23.1. The topological polar surface area (TPSA) is 51.9 Å². The van der Waals surface area contributed by atoms with Gasteiger partial charge in [0.25, 0.3) is 0 Å². The van der Waals surface area contributed by atoms with E-state index in [1.54, 1.807) is 21.1 Å².